The van der Waals surface area contributed by atoms with E-state index in [2.05, 4.69) is 4.98 Å². The second kappa shape index (κ2) is 6.92. The molecule has 28 heavy (non-hydrogen) atoms. The molecule has 4 rings (SSSR count). The van der Waals surface area contributed by atoms with Crippen LogP contribution in [0.1, 0.15) is 22.4 Å². The first kappa shape index (κ1) is 19.0. The van der Waals surface area contributed by atoms with Gasteiger partial charge in [0.2, 0.25) is 10.0 Å². The van der Waals surface area contributed by atoms with Crippen LogP contribution in [-0.4, -0.2) is 42.6 Å². The molecule has 2 heterocycles. The van der Waals surface area contributed by atoms with Crippen LogP contribution in [0.3, 0.4) is 0 Å². The first-order valence-electron chi connectivity index (χ1n) is 9.23. The highest BCUT2D eigenvalue weighted by Crippen LogP contribution is 2.36. The first-order chi connectivity index (χ1) is 13.4. The molecule has 0 bridgehead atoms. The molecule has 0 aliphatic carbocycles. The lowest BCUT2D eigenvalue weighted by Gasteiger charge is -2.34. The minimum atomic E-state index is -3.86. The normalized spacial score (nSPS) is 17.6. The fraction of sp³-hybridized carbons (Fsp3) is 0.333. The molecule has 2 aromatic carbocycles. The molecule has 0 spiro atoms. The molecule has 1 aliphatic rings. The average Bonchev–Trinajstić information content (AvgIpc) is 3.06. The van der Waals surface area contributed by atoms with Gasteiger partial charge < -0.3 is 14.8 Å². The van der Waals surface area contributed by atoms with Gasteiger partial charge in [0.1, 0.15) is 10.6 Å². The maximum Gasteiger partial charge on any atom is 0.247 e. The van der Waals surface area contributed by atoms with Crippen LogP contribution >= 0.6 is 0 Å². The summed E-state index contributed by atoms with van der Waals surface area (Å²) in [5, 5.41) is 11.1. The van der Waals surface area contributed by atoms with E-state index in [9.17, 15) is 13.5 Å². The molecule has 0 saturated heterocycles. The van der Waals surface area contributed by atoms with Crippen LogP contribution in [0.25, 0.3) is 10.9 Å². The zero-order valence-corrected chi connectivity index (χ0v) is 17.0. The summed E-state index contributed by atoms with van der Waals surface area (Å²) >= 11 is 0. The molecule has 0 radical (unpaired) electrons. The summed E-state index contributed by atoms with van der Waals surface area (Å²) in [6.07, 6.45) is 0.461. The number of benzene rings is 2. The molecular formula is C21H24N2O4S. The Morgan fingerprint density at radius 1 is 1.21 bits per heavy atom. The van der Waals surface area contributed by atoms with Gasteiger partial charge in [0.15, 0.2) is 0 Å². The number of aryl methyl sites for hydroxylation is 2. The van der Waals surface area contributed by atoms with Crippen LogP contribution < -0.4 is 4.74 Å². The molecule has 6 nitrogen and oxygen atoms in total. The summed E-state index contributed by atoms with van der Waals surface area (Å²) in [5.74, 6) is 0.322. The lowest BCUT2D eigenvalue weighted by molar-refractivity contribution is 0.173. The van der Waals surface area contributed by atoms with Gasteiger partial charge in [0, 0.05) is 16.6 Å². The van der Waals surface area contributed by atoms with Gasteiger partial charge in [0.05, 0.1) is 26.3 Å². The number of aliphatic hydroxyl groups is 1. The Morgan fingerprint density at radius 2 is 1.93 bits per heavy atom. The largest absolute Gasteiger partial charge is 0.495 e. The minimum absolute atomic E-state index is 0.135. The highest BCUT2D eigenvalue weighted by Gasteiger charge is 2.38. The highest BCUT2D eigenvalue weighted by molar-refractivity contribution is 7.89. The zero-order chi connectivity index (χ0) is 20.1. The van der Waals surface area contributed by atoms with Gasteiger partial charge >= 0.3 is 0 Å². The van der Waals surface area contributed by atoms with Crippen LogP contribution in [0.5, 0.6) is 5.75 Å². The summed E-state index contributed by atoms with van der Waals surface area (Å²) in [4.78, 5) is 3.48. The number of sulfonamides is 1. The van der Waals surface area contributed by atoms with Crippen LogP contribution in [-0.2, 0) is 23.0 Å². The van der Waals surface area contributed by atoms with E-state index in [4.69, 9.17) is 4.74 Å². The van der Waals surface area contributed by atoms with Crippen molar-refractivity contribution in [3.05, 3.63) is 58.8 Å². The molecule has 3 aromatic rings. The van der Waals surface area contributed by atoms with Crippen molar-refractivity contribution < 1.29 is 18.3 Å². The number of rotatable bonds is 4. The van der Waals surface area contributed by atoms with Gasteiger partial charge in [-0.15, -0.1) is 0 Å². The number of aromatic nitrogens is 1. The minimum Gasteiger partial charge on any atom is -0.495 e. The van der Waals surface area contributed by atoms with Crippen molar-refractivity contribution in [3.63, 3.8) is 0 Å². The van der Waals surface area contributed by atoms with Crippen molar-refractivity contribution in [2.24, 2.45) is 0 Å². The summed E-state index contributed by atoms with van der Waals surface area (Å²) in [7, 11) is -2.39. The van der Waals surface area contributed by atoms with Gasteiger partial charge in [-0.05, 0) is 55.2 Å². The quantitative estimate of drug-likeness (QED) is 0.705. The molecule has 0 saturated carbocycles. The van der Waals surface area contributed by atoms with E-state index in [0.717, 1.165) is 33.3 Å². The molecule has 0 fully saturated rings. The molecular weight excluding hydrogens is 376 g/mol. The van der Waals surface area contributed by atoms with E-state index in [0.29, 0.717) is 12.2 Å². The molecule has 1 unspecified atom stereocenters. The predicted molar refractivity (Wildman–Crippen MR) is 108 cm³/mol. The first-order valence-corrected chi connectivity index (χ1v) is 10.7. The van der Waals surface area contributed by atoms with Crippen molar-refractivity contribution in [1.29, 1.82) is 0 Å². The fourth-order valence-electron chi connectivity index (χ4n) is 3.93. The second-order valence-electron chi connectivity index (χ2n) is 7.31. The lowest BCUT2D eigenvalue weighted by Crippen LogP contribution is -2.46. The number of fused-ring (bicyclic) bond motifs is 3. The Kier molecular flexibility index (Phi) is 4.69. The van der Waals surface area contributed by atoms with E-state index in [-0.39, 0.29) is 18.0 Å². The summed E-state index contributed by atoms with van der Waals surface area (Å²) < 4.78 is 33.8. The average molecular weight is 401 g/mol. The highest BCUT2D eigenvalue weighted by atomic mass is 32.2. The Hall–Kier alpha value is -2.35. The number of H-pyrrole nitrogens is 1. The number of hydrogen-bond donors (Lipinski definition) is 2. The second-order valence-corrected chi connectivity index (χ2v) is 9.16. The van der Waals surface area contributed by atoms with Crippen LogP contribution in [0.4, 0.5) is 0 Å². The number of nitrogens with zero attached hydrogens (tertiary/aromatic N) is 1. The SMILES string of the molecule is COc1cc(C)c(C)cc1S(=O)(=O)N1Cc2[nH]c3ccccc3c2CC1CO. The Labute approximate surface area is 164 Å². The monoisotopic (exact) mass is 400 g/mol. The third-order valence-corrected chi connectivity index (χ3v) is 7.56. The number of methoxy groups -OCH3 is 1. The van der Waals surface area contributed by atoms with E-state index >= 15 is 0 Å². The predicted octanol–water partition coefficient (Wildman–Crippen LogP) is 2.90. The van der Waals surface area contributed by atoms with Gasteiger partial charge in [-0.3, -0.25) is 0 Å². The Balaban J connectivity index is 1.83. The van der Waals surface area contributed by atoms with Gasteiger partial charge in [-0.25, -0.2) is 8.42 Å². The molecule has 148 valence electrons. The van der Waals surface area contributed by atoms with E-state index < -0.39 is 16.1 Å². The summed E-state index contributed by atoms with van der Waals surface area (Å²) in [5.41, 5.74) is 4.77. The van der Waals surface area contributed by atoms with E-state index in [1.54, 1.807) is 12.1 Å². The topological polar surface area (TPSA) is 82.6 Å². The lowest BCUT2D eigenvalue weighted by atomic mass is 9.99. The standard InChI is InChI=1S/C21H24N2O4S/c1-13-8-20(27-3)21(9-14(13)2)28(25,26)23-11-19-17(10-15(23)12-24)16-6-4-5-7-18(16)22-19/h4-9,15,22,24H,10-12H2,1-3H3. The third-order valence-electron chi connectivity index (χ3n) is 5.64. The van der Waals surface area contributed by atoms with E-state index in [1.807, 2.05) is 38.1 Å². The molecule has 0 amide bonds. The number of aliphatic hydroxyl groups excluding tert-OH is 1. The third kappa shape index (κ3) is 2.90. The van der Waals surface area contributed by atoms with Crippen molar-refractivity contribution in [2.45, 2.75) is 37.8 Å². The van der Waals surface area contributed by atoms with Crippen LogP contribution in [0, 0.1) is 13.8 Å². The Morgan fingerprint density at radius 3 is 2.64 bits per heavy atom. The molecule has 2 N–H and O–H groups in total. The number of aromatic amines is 1. The summed E-state index contributed by atoms with van der Waals surface area (Å²) in [6.45, 7) is 3.74. The molecule has 1 aromatic heterocycles. The maximum atomic E-state index is 13.5. The van der Waals surface area contributed by atoms with Crippen molar-refractivity contribution in [3.8, 4) is 5.75 Å². The summed E-state index contributed by atoms with van der Waals surface area (Å²) in [6, 6.07) is 10.8. The maximum absolute atomic E-state index is 13.5. The van der Waals surface area contributed by atoms with Crippen molar-refractivity contribution in [1.82, 2.24) is 9.29 Å². The van der Waals surface area contributed by atoms with Gasteiger partial charge in [0.25, 0.3) is 0 Å². The molecule has 7 heteroatoms. The van der Waals surface area contributed by atoms with Gasteiger partial charge in [-0.1, -0.05) is 18.2 Å². The van der Waals surface area contributed by atoms with Crippen molar-refractivity contribution >= 4 is 20.9 Å². The fourth-order valence-corrected chi connectivity index (χ4v) is 5.74. The molecule has 1 aliphatic heterocycles. The van der Waals surface area contributed by atoms with Crippen molar-refractivity contribution in [2.75, 3.05) is 13.7 Å². The van der Waals surface area contributed by atoms with Gasteiger partial charge in [-0.2, -0.15) is 4.31 Å². The number of nitrogens with one attached hydrogen (secondary N) is 1. The number of hydrogen-bond acceptors (Lipinski definition) is 4. The smallest absolute Gasteiger partial charge is 0.247 e. The number of ether oxygens (including phenoxy) is 1. The van der Waals surface area contributed by atoms with Crippen LogP contribution in [0.2, 0.25) is 0 Å². The van der Waals surface area contributed by atoms with E-state index in [1.165, 1.54) is 11.4 Å². The molecule has 1 atom stereocenters. The van der Waals surface area contributed by atoms with Crippen LogP contribution in [0.15, 0.2) is 41.3 Å². The Bertz CT molecular complexity index is 1150. The number of para-hydroxylation sites is 1. The zero-order valence-electron chi connectivity index (χ0n) is 16.2.